The van der Waals surface area contributed by atoms with Crippen molar-refractivity contribution in [2.75, 3.05) is 0 Å². The molecule has 110 valence electrons. The lowest BCUT2D eigenvalue weighted by Gasteiger charge is -2.11. The number of aryl methyl sites for hydroxylation is 2. The van der Waals surface area contributed by atoms with Crippen molar-refractivity contribution in [1.82, 2.24) is 10.3 Å². The standard InChI is InChI=1S/C17H19ClN2S/c1-11-7-12(2)20-17(8-11)21-16-9-14(18)4-3-13(16)10-19-15-5-6-15/h3-4,7-9,15,19H,5-6,10H2,1-2H3. The largest absolute Gasteiger partial charge is 0.310 e. The van der Waals surface area contributed by atoms with E-state index in [4.69, 9.17) is 11.6 Å². The summed E-state index contributed by atoms with van der Waals surface area (Å²) in [5.41, 5.74) is 3.58. The first kappa shape index (κ1) is 14.9. The predicted molar refractivity (Wildman–Crippen MR) is 89.1 cm³/mol. The number of hydrogen-bond acceptors (Lipinski definition) is 3. The van der Waals surface area contributed by atoms with Gasteiger partial charge in [0.25, 0.3) is 0 Å². The Morgan fingerprint density at radius 2 is 2.05 bits per heavy atom. The van der Waals surface area contributed by atoms with E-state index < -0.39 is 0 Å². The Balaban J connectivity index is 1.83. The molecule has 1 heterocycles. The summed E-state index contributed by atoms with van der Waals surface area (Å²) in [5, 5.41) is 5.37. The number of pyridine rings is 1. The van der Waals surface area contributed by atoms with Gasteiger partial charge in [0.05, 0.1) is 0 Å². The summed E-state index contributed by atoms with van der Waals surface area (Å²) in [5.74, 6) is 0. The van der Waals surface area contributed by atoms with Gasteiger partial charge in [-0.25, -0.2) is 4.98 Å². The van der Waals surface area contributed by atoms with E-state index in [0.29, 0.717) is 6.04 Å². The van der Waals surface area contributed by atoms with E-state index in [1.54, 1.807) is 11.8 Å². The van der Waals surface area contributed by atoms with Gasteiger partial charge in [0.1, 0.15) is 5.03 Å². The van der Waals surface area contributed by atoms with Crippen molar-refractivity contribution in [2.45, 2.75) is 49.2 Å². The van der Waals surface area contributed by atoms with Crippen molar-refractivity contribution in [3.8, 4) is 0 Å². The minimum atomic E-state index is 0.706. The molecule has 0 aliphatic heterocycles. The predicted octanol–water partition coefficient (Wildman–Crippen LogP) is 4.76. The number of rotatable bonds is 5. The molecule has 1 fully saturated rings. The first-order valence-electron chi connectivity index (χ1n) is 7.25. The molecular weight excluding hydrogens is 300 g/mol. The van der Waals surface area contributed by atoms with Gasteiger partial charge in [-0.05, 0) is 62.1 Å². The lowest BCUT2D eigenvalue weighted by atomic mass is 10.2. The lowest BCUT2D eigenvalue weighted by molar-refractivity contribution is 0.680. The molecule has 0 bridgehead atoms. The van der Waals surface area contributed by atoms with Crippen LogP contribution in [0.1, 0.15) is 29.7 Å². The molecule has 1 N–H and O–H groups in total. The summed E-state index contributed by atoms with van der Waals surface area (Å²) in [6.45, 7) is 5.03. The Morgan fingerprint density at radius 1 is 1.24 bits per heavy atom. The van der Waals surface area contributed by atoms with Gasteiger partial charge in [-0.2, -0.15) is 0 Å². The Kier molecular flexibility index (Phi) is 4.53. The number of nitrogens with one attached hydrogen (secondary N) is 1. The Bertz CT molecular complexity index is 633. The zero-order chi connectivity index (χ0) is 14.8. The van der Waals surface area contributed by atoms with Gasteiger partial charge in [-0.3, -0.25) is 0 Å². The summed E-state index contributed by atoms with van der Waals surface area (Å²) in [7, 11) is 0. The Hall–Kier alpha value is -1.03. The minimum Gasteiger partial charge on any atom is -0.310 e. The third-order valence-corrected chi connectivity index (χ3v) is 4.73. The molecule has 0 saturated heterocycles. The van der Waals surface area contributed by atoms with E-state index in [-0.39, 0.29) is 0 Å². The molecule has 0 radical (unpaired) electrons. The van der Waals surface area contributed by atoms with Crippen molar-refractivity contribution in [3.63, 3.8) is 0 Å². The summed E-state index contributed by atoms with van der Waals surface area (Å²) in [6, 6.07) is 11.0. The van der Waals surface area contributed by atoms with Crippen LogP contribution in [0.3, 0.4) is 0 Å². The van der Waals surface area contributed by atoms with Crippen LogP contribution in [0.5, 0.6) is 0 Å². The monoisotopic (exact) mass is 318 g/mol. The van der Waals surface area contributed by atoms with Crippen molar-refractivity contribution in [2.24, 2.45) is 0 Å². The van der Waals surface area contributed by atoms with Crippen LogP contribution in [-0.2, 0) is 6.54 Å². The quantitative estimate of drug-likeness (QED) is 0.860. The SMILES string of the molecule is Cc1cc(C)nc(Sc2cc(Cl)ccc2CNC2CC2)c1. The molecule has 0 atom stereocenters. The number of halogens is 1. The summed E-state index contributed by atoms with van der Waals surface area (Å²) in [4.78, 5) is 5.80. The van der Waals surface area contributed by atoms with Crippen LogP contribution in [0, 0.1) is 13.8 Å². The van der Waals surface area contributed by atoms with E-state index in [1.165, 1.54) is 28.9 Å². The van der Waals surface area contributed by atoms with Crippen LogP contribution in [-0.4, -0.2) is 11.0 Å². The molecule has 0 amide bonds. The van der Waals surface area contributed by atoms with Crippen LogP contribution < -0.4 is 5.32 Å². The molecule has 1 saturated carbocycles. The maximum atomic E-state index is 6.17. The normalized spacial score (nSPS) is 14.4. The van der Waals surface area contributed by atoms with Crippen LogP contribution in [0.4, 0.5) is 0 Å². The van der Waals surface area contributed by atoms with Crippen LogP contribution in [0.25, 0.3) is 0 Å². The molecule has 0 unspecified atom stereocenters. The van der Waals surface area contributed by atoms with Gasteiger partial charge in [0, 0.05) is 28.2 Å². The van der Waals surface area contributed by atoms with E-state index >= 15 is 0 Å². The maximum absolute atomic E-state index is 6.17. The van der Waals surface area contributed by atoms with Crippen LogP contribution in [0.15, 0.2) is 40.3 Å². The number of hydrogen-bond donors (Lipinski definition) is 1. The van der Waals surface area contributed by atoms with Gasteiger partial charge in [-0.15, -0.1) is 0 Å². The molecular formula is C17H19ClN2S. The molecule has 1 aromatic carbocycles. The van der Waals surface area contributed by atoms with E-state index in [2.05, 4.69) is 35.4 Å². The van der Waals surface area contributed by atoms with Gasteiger partial charge < -0.3 is 5.32 Å². The third kappa shape index (κ3) is 4.22. The second-order valence-corrected chi connectivity index (χ2v) is 7.13. The van der Waals surface area contributed by atoms with Crippen molar-refractivity contribution in [3.05, 3.63) is 52.2 Å². The van der Waals surface area contributed by atoms with Crippen molar-refractivity contribution >= 4 is 23.4 Å². The zero-order valence-corrected chi connectivity index (χ0v) is 13.9. The van der Waals surface area contributed by atoms with Crippen molar-refractivity contribution < 1.29 is 0 Å². The molecule has 2 nitrogen and oxygen atoms in total. The Morgan fingerprint density at radius 3 is 2.76 bits per heavy atom. The number of nitrogens with zero attached hydrogens (tertiary/aromatic N) is 1. The topological polar surface area (TPSA) is 24.9 Å². The van der Waals surface area contributed by atoms with E-state index in [0.717, 1.165) is 22.3 Å². The molecule has 1 aliphatic rings. The zero-order valence-electron chi connectivity index (χ0n) is 12.3. The number of aromatic nitrogens is 1. The highest BCUT2D eigenvalue weighted by Gasteiger charge is 2.20. The molecule has 0 spiro atoms. The summed E-state index contributed by atoms with van der Waals surface area (Å²) < 4.78 is 0. The first-order chi connectivity index (χ1) is 10.1. The molecule has 3 rings (SSSR count). The van der Waals surface area contributed by atoms with Crippen LogP contribution >= 0.6 is 23.4 Å². The third-order valence-electron chi connectivity index (χ3n) is 3.48. The fourth-order valence-electron chi connectivity index (χ4n) is 2.28. The lowest BCUT2D eigenvalue weighted by Crippen LogP contribution is -2.15. The van der Waals surface area contributed by atoms with Crippen LogP contribution in [0.2, 0.25) is 5.02 Å². The average molecular weight is 319 g/mol. The van der Waals surface area contributed by atoms with Crippen molar-refractivity contribution in [1.29, 1.82) is 0 Å². The van der Waals surface area contributed by atoms with Gasteiger partial charge >= 0.3 is 0 Å². The number of benzene rings is 1. The average Bonchev–Trinajstić information content (AvgIpc) is 3.20. The molecule has 4 heteroatoms. The maximum Gasteiger partial charge on any atom is 0.101 e. The molecule has 1 aromatic heterocycles. The van der Waals surface area contributed by atoms with E-state index in [9.17, 15) is 0 Å². The summed E-state index contributed by atoms with van der Waals surface area (Å²) >= 11 is 7.86. The second-order valence-electron chi connectivity index (χ2n) is 5.63. The second kappa shape index (κ2) is 6.39. The smallest absolute Gasteiger partial charge is 0.101 e. The molecule has 21 heavy (non-hydrogen) atoms. The molecule has 2 aromatic rings. The summed E-state index contributed by atoms with van der Waals surface area (Å²) in [6.07, 6.45) is 2.60. The first-order valence-corrected chi connectivity index (χ1v) is 8.44. The minimum absolute atomic E-state index is 0.706. The highest BCUT2D eigenvalue weighted by atomic mass is 35.5. The molecule has 1 aliphatic carbocycles. The van der Waals surface area contributed by atoms with Gasteiger partial charge in [0.2, 0.25) is 0 Å². The van der Waals surface area contributed by atoms with Gasteiger partial charge in [-0.1, -0.05) is 29.4 Å². The highest BCUT2D eigenvalue weighted by molar-refractivity contribution is 7.99. The fourth-order valence-corrected chi connectivity index (χ4v) is 3.63. The van der Waals surface area contributed by atoms with Gasteiger partial charge in [0.15, 0.2) is 0 Å². The van der Waals surface area contributed by atoms with E-state index in [1.807, 2.05) is 19.1 Å². The fraction of sp³-hybridized carbons (Fsp3) is 0.353. The highest BCUT2D eigenvalue weighted by Crippen LogP contribution is 2.32. The Labute approximate surface area is 135 Å².